The van der Waals surface area contributed by atoms with Crippen LogP contribution < -0.4 is 4.74 Å². The van der Waals surface area contributed by atoms with E-state index in [0.29, 0.717) is 11.6 Å². The molecule has 1 aliphatic rings. The van der Waals surface area contributed by atoms with Crippen molar-refractivity contribution in [1.82, 2.24) is 0 Å². The average molecular weight is 263 g/mol. The Balaban J connectivity index is 2.04. The van der Waals surface area contributed by atoms with Gasteiger partial charge in [-0.3, -0.25) is 4.79 Å². The summed E-state index contributed by atoms with van der Waals surface area (Å²) >= 11 is 1.31. The van der Waals surface area contributed by atoms with Crippen LogP contribution in [0, 0.1) is 0 Å². The van der Waals surface area contributed by atoms with Crippen molar-refractivity contribution in [3.8, 4) is 5.75 Å². The zero-order chi connectivity index (χ0) is 13.0. The van der Waals surface area contributed by atoms with E-state index in [1.807, 2.05) is 30.5 Å². The Hall–Kier alpha value is -1.69. The SMILES string of the molecule is COc1ccc(CC2N=NC(SC)=NC2=O)cc1. The number of amides is 1. The molecule has 0 fully saturated rings. The Morgan fingerprint density at radius 2 is 2.06 bits per heavy atom. The summed E-state index contributed by atoms with van der Waals surface area (Å²) in [5, 5.41) is 8.32. The predicted molar refractivity (Wildman–Crippen MR) is 71.3 cm³/mol. The molecule has 0 aromatic heterocycles. The van der Waals surface area contributed by atoms with Crippen molar-refractivity contribution in [2.24, 2.45) is 15.2 Å². The molecule has 0 bridgehead atoms. The molecule has 0 saturated carbocycles. The summed E-state index contributed by atoms with van der Waals surface area (Å²) in [6, 6.07) is 7.03. The van der Waals surface area contributed by atoms with E-state index in [2.05, 4.69) is 15.2 Å². The molecule has 18 heavy (non-hydrogen) atoms. The Kier molecular flexibility index (Phi) is 4.09. The number of amidine groups is 1. The van der Waals surface area contributed by atoms with Gasteiger partial charge in [0.2, 0.25) is 5.17 Å². The first-order valence-electron chi connectivity index (χ1n) is 5.43. The number of thioether (sulfide) groups is 1. The number of rotatable bonds is 3. The average Bonchev–Trinajstić information content (AvgIpc) is 2.42. The summed E-state index contributed by atoms with van der Waals surface area (Å²) in [4.78, 5) is 15.6. The lowest BCUT2D eigenvalue weighted by molar-refractivity contribution is -0.119. The van der Waals surface area contributed by atoms with Crippen molar-refractivity contribution in [1.29, 1.82) is 0 Å². The van der Waals surface area contributed by atoms with Crippen LogP contribution >= 0.6 is 11.8 Å². The van der Waals surface area contributed by atoms with E-state index >= 15 is 0 Å². The molecule has 0 spiro atoms. The summed E-state index contributed by atoms with van der Waals surface area (Å²) in [5.41, 5.74) is 1.01. The van der Waals surface area contributed by atoms with Gasteiger partial charge in [0.15, 0.2) is 6.04 Å². The van der Waals surface area contributed by atoms with Gasteiger partial charge in [0.05, 0.1) is 7.11 Å². The number of hydrogen-bond acceptors (Lipinski definition) is 5. The summed E-state index contributed by atoms with van der Waals surface area (Å²) in [6.07, 6.45) is 2.33. The van der Waals surface area contributed by atoms with E-state index in [0.717, 1.165) is 11.3 Å². The standard InChI is InChI=1S/C12H13N3O2S/c1-17-9-5-3-8(4-6-9)7-10-11(16)13-12(18-2)15-14-10/h3-6,10H,7H2,1-2H3. The third kappa shape index (κ3) is 2.95. The van der Waals surface area contributed by atoms with Gasteiger partial charge >= 0.3 is 0 Å². The Bertz CT molecular complexity index is 497. The summed E-state index contributed by atoms with van der Waals surface area (Å²) in [5.74, 6) is 0.559. The summed E-state index contributed by atoms with van der Waals surface area (Å²) in [6.45, 7) is 0. The van der Waals surface area contributed by atoms with Crippen LogP contribution in [-0.2, 0) is 11.2 Å². The molecule has 1 amide bonds. The molecule has 1 aromatic carbocycles. The molecule has 94 valence electrons. The van der Waals surface area contributed by atoms with Gasteiger partial charge in [-0.1, -0.05) is 23.9 Å². The van der Waals surface area contributed by atoms with Gasteiger partial charge in [0, 0.05) is 6.42 Å². The van der Waals surface area contributed by atoms with Crippen LogP contribution in [0.3, 0.4) is 0 Å². The highest BCUT2D eigenvalue weighted by Crippen LogP contribution is 2.17. The molecule has 6 heteroatoms. The van der Waals surface area contributed by atoms with Gasteiger partial charge in [-0.25, -0.2) is 0 Å². The van der Waals surface area contributed by atoms with Crippen molar-refractivity contribution in [3.05, 3.63) is 29.8 Å². The zero-order valence-electron chi connectivity index (χ0n) is 10.2. The van der Waals surface area contributed by atoms with Crippen molar-refractivity contribution in [3.63, 3.8) is 0 Å². The van der Waals surface area contributed by atoms with Gasteiger partial charge in [0.1, 0.15) is 5.75 Å². The predicted octanol–water partition coefficient (Wildman–Crippen LogP) is 2.32. The molecule has 1 aliphatic heterocycles. The normalized spacial score (nSPS) is 18.7. The Morgan fingerprint density at radius 1 is 1.33 bits per heavy atom. The number of carbonyl (C=O) groups excluding carboxylic acids is 1. The van der Waals surface area contributed by atoms with Gasteiger partial charge < -0.3 is 4.74 Å². The minimum absolute atomic E-state index is 0.231. The second kappa shape index (κ2) is 5.77. The molecule has 0 aliphatic carbocycles. The number of aliphatic imine (C=N–C) groups is 1. The van der Waals surface area contributed by atoms with Crippen LogP contribution in [0.5, 0.6) is 5.75 Å². The molecule has 2 rings (SSSR count). The molecular weight excluding hydrogens is 250 g/mol. The van der Waals surface area contributed by atoms with Gasteiger partial charge in [0.25, 0.3) is 5.91 Å². The zero-order valence-corrected chi connectivity index (χ0v) is 11.0. The maximum Gasteiger partial charge on any atom is 0.275 e. The molecule has 1 heterocycles. The molecule has 1 aromatic rings. The molecule has 1 atom stereocenters. The minimum Gasteiger partial charge on any atom is -0.497 e. The first-order chi connectivity index (χ1) is 8.72. The fourth-order valence-electron chi connectivity index (χ4n) is 1.56. The number of hydrogen-bond donors (Lipinski definition) is 0. The quantitative estimate of drug-likeness (QED) is 0.840. The number of ether oxygens (including phenoxy) is 1. The van der Waals surface area contributed by atoms with E-state index in [1.165, 1.54) is 11.8 Å². The largest absolute Gasteiger partial charge is 0.497 e. The van der Waals surface area contributed by atoms with Crippen molar-refractivity contribution >= 4 is 22.8 Å². The molecule has 1 unspecified atom stereocenters. The summed E-state index contributed by atoms with van der Waals surface area (Å²) < 4.78 is 5.08. The van der Waals surface area contributed by atoms with E-state index in [4.69, 9.17) is 4.74 Å². The van der Waals surface area contributed by atoms with E-state index in [1.54, 1.807) is 7.11 Å². The van der Waals surface area contributed by atoms with E-state index in [9.17, 15) is 4.79 Å². The first kappa shape index (κ1) is 12.8. The van der Waals surface area contributed by atoms with Crippen molar-refractivity contribution in [2.45, 2.75) is 12.5 Å². The first-order valence-corrected chi connectivity index (χ1v) is 6.65. The Labute approximate surface area is 109 Å². The van der Waals surface area contributed by atoms with Crippen LogP contribution in [0.1, 0.15) is 5.56 Å². The fourth-order valence-corrected chi connectivity index (χ4v) is 1.87. The smallest absolute Gasteiger partial charge is 0.275 e. The second-order valence-electron chi connectivity index (χ2n) is 3.72. The van der Waals surface area contributed by atoms with E-state index in [-0.39, 0.29) is 5.91 Å². The number of nitrogens with zero attached hydrogens (tertiary/aromatic N) is 3. The number of carbonyl (C=O) groups is 1. The monoisotopic (exact) mass is 263 g/mol. The highest BCUT2D eigenvalue weighted by atomic mass is 32.2. The molecule has 0 N–H and O–H groups in total. The summed E-state index contributed by atoms with van der Waals surface area (Å²) in [7, 11) is 1.62. The number of benzene rings is 1. The van der Waals surface area contributed by atoms with Gasteiger partial charge in [-0.05, 0) is 24.0 Å². The van der Waals surface area contributed by atoms with Crippen molar-refractivity contribution in [2.75, 3.05) is 13.4 Å². The topological polar surface area (TPSA) is 63.4 Å². The lowest BCUT2D eigenvalue weighted by Gasteiger charge is -2.11. The lowest BCUT2D eigenvalue weighted by Crippen LogP contribution is -2.23. The molecule has 0 saturated heterocycles. The second-order valence-corrected chi connectivity index (χ2v) is 4.49. The molecule has 5 nitrogen and oxygen atoms in total. The lowest BCUT2D eigenvalue weighted by atomic mass is 10.1. The highest BCUT2D eigenvalue weighted by Gasteiger charge is 2.22. The third-order valence-corrected chi connectivity index (χ3v) is 3.08. The fraction of sp³-hybridized carbons (Fsp3) is 0.333. The molecular formula is C12H13N3O2S. The highest BCUT2D eigenvalue weighted by molar-refractivity contribution is 8.13. The minimum atomic E-state index is -0.505. The molecule has 0 radical (unpaired) electrons. The van der Waals surface area contributed by atoms with E-state index < -0.39 is 6.04 Å². The van der Waals surface area contributed by atoms with Crippen LogP contribution in [0.25, 0.3) is 0 Å². The maximum absolute atomic E-state index is 11.7. The third-order valence-electron chi connectivity index (χ3n) is 2.54. The maximum atomic E-state index is 11.7. The van der Waals surface area contributed by atoms with Crippen LogP contribution in [-0.4, -0.2) is 30.5 Å². The van der Waals surface area contributed by atoms with Crippen LogP contribution in [0.2, 0.25) is 0 Å². The van der Waals surface area contributed by atoms with Crippen LogP contribution in [0.15, 0.2) is 39.5 Å². The van der Waals surface area contributed by atoms with Crippen LogP contribution in [0.4, 0.5) is 0 Å². The number of azo groups is 1. The van der Waals surface area contributed by atoms with Gasteiger partial charge in [-0.15, -0.1) is 5.11 Å². The number of methoxy groups -OCH3 is 1. The van der Waals surface area contributed by atoms with Gasteiger partial charge in [-0.2, -0.15) is 10.1 Å². The van der Waals surface area contributed by atoms with Crippen molar-refractivity contribution < 1.29 is 9.53 Å². The Morgan fingerprint density at radius 3 is 2.61 bits per heavy atom.